The summed E-state index contributed by atoms with van der Waals surface area (Å²) in [4.78, 5) is 0.292. The van der Waals surface area contributed by atoms with Crippen molar-refractivity contribution in [3.63, 3.8) is 0 Å². The van der Waals surface area contributed by atoms with Crippen molar-refractivity contribution in [3.8, 4) is 0 Å². The lowest BCUT2D eigenvalue weighted by molar-refractivity contribution is 0.102. The lowest BCUT2D eigenvalue weighted by Gasteiger charge is -2.26. The minimum Gasteiger partial charge on any atom is -0.377 e. The van der Waals surface area contributed by atoms with Crippen LogP contribution in [0, 0.1) is 6.92 Å². The van der Waals surface area contributed by atoms with Crippen molar-refractivity contribution in [3.05, 3.63) is 29.3 Å². The van der Waals surface area contributed by atoms with E-state index >= 15 is 0 Å². The van der Waals surface area contributed by atoms with E-state index in [1.165, 1.54) is 4.31 Å². The highest BCUT2D eigenvalue weighted by Gasteiger charge is 2.35. The molecular formula is C14H20ClNO3S. The molecule has 1 saturated heterocycles. The van der Waals surface area contributed by atoms with Crippen LogP contribution in [0.3, 0.4) is 0 Å². The number of aryl methyl sites for hydroxylation is 1. The summed E-state index contributed by atoms with van der Waals surface area (Å²) in [7, 11) is -1.89. The largest absolute Gasteiger partial charge is 0.377 e. The first kappa shape index (κ1) is 15.8. The van der Waals surface area contributed by atoms with Gasteiger partial charge in [0.15, 0.2) is 0 Å². The molecule has 0 aliphatic carbocycles. The standard InChI is InChI=1S/C14H20ClNO3S/c1-10-4-5-13(8-12(10)9-15)20(17,18)16(3)14-6-7-19-11(14)2/h4-5,8,11,14H,6-7,9H2,1-3H3. The molecule has 0 N–H and O–H groups in total. The van der Waals surface area contributed by atoms with Gasteiger partial charge in [0.1, 0.15) is 0 Å². The number of alkyl halides is 1. The molecule has 1 aromatic carbocycles. The molecule has 2 atom stereocenters. The topological polar surface area (TPSA) is 46.6 Å². The Hall–Kier alpha value is -0.620. The van der Waals surface area contributed by atoms with Crippen LogP contribution in [0.4, 0.5) is 0 Å². The van der Waals surface area contributed by atoms with E-state index in [1.54, 1.807) is 25.2 Å². The Morgan fingerprint density at radius 2 is 2.15 bits per heavy atom. The van der Waals surface area contributed by atoms with Gasteiger partial charge >= 0.3 is 0 Å². The molecule has 0 bridgehead atoms. The predicted molar refractivity (Wildman–Crippen MR) is 79.5 cm³/mol. The van der Waals surface area contributed by atoms with Crippen LogP contribution in [0.2, 0.25) is 0 Å². The summed E-state index contributed by atoms with van der Waals surface area (Å²) >= 11 is 5.86. The molecule has 0 spiro atoms. The molecule has 2 rings (SSSR count). The number of hydrogen-bond donors (Lipinski definition) is 0. The molecule has 1 fully saturated rings. The maximum absolute atomic E-state index is 12.7. The van der Waals surface area contributed by atoms with E-state index in [2.05, 4.69) is 0 Å². The van der Waals surface area contributed by atoms with Crippen molar-refractivity contribution in [1.82, 2.24) is 4.31 Å². The SMILES string of the molecule is Cc1ccc(S(=O)(=O)N(C)C2CCOC2C)cc1CCl. The number of benzene rings is 1. The normalized spacial score (nSPS) is 23.4. The van der Waals surface area contributed by atoms with Crippen LogP contribution in [-0.2, 0) is 20.6 Å². The summed E-state index contributed by atoms with van der Waals surface area (Å²) in [5.41, 5.74) is 1.84. The van der Waals surface area contributed by atoms with Crippen LogP contribution in [-0.4, -0.2) is 38.5 Å². The van der Waals surface area contributed by atoms with Crippen molar-refractivity contribution in [2.24, 2.45) is 0 Å². The Labute approximate surface area is 125 Å². The Morgan fingerprint density at radius 3 is 2.70 bits per heavy atom. The molecule has 112 valence electrons. The van der Waals surface area contributed by atoms with Crippen LogP contribution in [0.15, 0.2) is 23.1 Å². The van der Waals surface area contributed by atoms with E-state index in [9.17, 15) is 8.42 Å². The van der Waals surface area contributed by atoms with Gasteiger partial charge in [-0.1, -0.05) is 6.07 Å². The number of halogens is 1. The molecule has 0 aromatic heterocycles. The smallest absolute Gasteiger partial charge is 0.243 e. The van der Waals surface area contributed by atoms with Crippen LogP contribution < -0.4 is 0 Å². The molecule has 20 heavy (non-hydrogen) atoms. The fraction of sp³-hybridized carbons (Fsp3) is 0.571. The minimum absolute atomic E-state index is 0.0762. The zero-order valence-corrected chi connectivity index (χ0v) is 13.5. The van der Waals surface area contributed by atoms with E-state index in [-0.39, 0.29) is 12.1 Å². The molecule has 0 saturated carbocycles. The molecular weight excluding hydrogens is 298 g/mol. The van der Waals surface area contributed by atoms with Gasteiger partial charge in [0.05, 0.1) is 17.0 Å². The van der Waals surface area contributed by atoms with Gasteiger partial charge in [0.2, 0.25) is 10.0 Å². The molecule has 0 amide bonds. The fourth-order valence-electron chi connectivity index (χ4n) is 2.49. The van der Waals surface area contributed by atoms with Crippen molar-refractivity contribution in [2.45, 2.75) is 43.2 Å². The molecule has 2 unspecified atom stereocenters. The third-order valence-corrected chi connectivity index (χ3v) is 6.11. The molecule has 0 radical (unpaired) electrons. The van der Waals surface area contributed by atoms with E-state index in [0.29, 0.717) is 17.4 Å². The number of rotatable bonds is 4. The number of ether oxygens (including phenoxy) is 1. The molecule has 1 aliphatic heterocycles. The van der Waals surface area contributed by atoms with Crippen LogP contribution in [0.5, 0.6) is 0 Å². The molecule has 1 aromatic rings. The number of likely N-dealkylation sites (N-methyl/N-ethyl adjacent to an activating group) is 1. The third-order valence-electron chi connectivity index (χ3n) is 3.94. The van der Waals surface area contributed by atoms with E-state index in [0.717, 1.165) is 17.5 Å². The first-order valence-electron chi connectivity index (χ1n) is 6.63. The number of hydrogen-bond acceptors (Lipinski definition) is 3. The Kier molecular flexibility index (Phi) is 4.74. The maximum atomic E-state index is 12.7. The van der Waals surface area contributed by atoms with E-state index in [1.807, 2.05) is 13.8 Å². The second kappa shape index (κ2) is 6.02. The predicted octanol–water partition coefficient (Wildman–Crippen LogP) is 2.53. The van der Waals surface area contributed by atoms with Crippen molar-refractivity contribution in [1.29, 1.82) is 0 Å². The lowest BCUT2D eigenvalue weighted by Crippen LogP contribution is -2.40. The summed E-state index contributed by atoms with van der Waals surface area (Å²) in [6.45, 7) is 4.43. The zero-order valence-electron chi connectivity index (χ0n) is 12.0. The van der Waals surface area contributed by atoms with Crippen molar-refractivity contribution < 1.29 is 13.2 Å². The highest BCUT2D eigenvalue weighted by Crippen LogP contribution is 2.26. The summed E-state index contributed by atoms with van der Waals surface area (Å²) in [6.07, 6.45) is 0.651. The van der Waals surface area contributed by atoms with Crippen molar-refractivity contribution >= 4 is 21.6 Å². The van der Waals surface area contributed by atoms with Crippen molar-refractivity contribution in [2.75, 3.05) is 13.7 Å². The second-order valence-electron chi connectivity index (χ2n) is 5.18. The van der Waals surface area contributed by atoms with Gasteiger partial charge in [0, 0.05) is 19.5 Å². The Balaban J connectivity index is 2.34. The maximum Gasteiger partial charge on any atom is 0.243 e. The average Bonchev–Trinajstić information content (AvgIpc) is 2.84. The number of sulfonamides is 1. The van der Waals surface area contributed by atoms with Gasteiger partial charge in [-0.25, -0.2) is 8.42 Å². The zero-order chi connectivity index (χ0) is 14.9. The van der Waals surface area contributed by atoms with Crippen LogP contribution >= 0.6 is 11.6 Å². The first-order chi connectivity index (χ1) is 9.37. The van der Waals surface area contributed by atoms with Crippen LogP contribution in [0.1, 0.15) is 24.5 Å². The van der Waals surface area contributed by atoms with Gasteiger partial charge < -0.3 is 4.74 Å². The minimum atomic E-state index is -3.51. The van der Waals surface area contributed by atoms with E-state index < -0.39 is 10.0 Å². The highest BCUT2D eigenvalue weighted by molar-refractivity contribution is 7.89. The third kappa shape index (κ3) is 2.86. The van der Waals surface area contributed by atoms with E-state index in [4.69, 9.17) is 16.3 Å². The fourth-order valence-corrected chi connectivity index (χ4v) is 4.28. The molecule has 1 aliphatic rings. The van der Waals surface area contributed by atoms with Gasteiger partial charge in [-0.15, -0.1) is 11.6 Å². The summed E-state index contributed by atoms with van der Waals surface area (Å²) < 4.78 is 32.2. The van der Waals surface area contributed by atoms with Crippen LogP contribution in [0.25, 0.3) is 0 Å². The second-order valence-corrected chi connectivity index (χ2v) is 7.44. The average molecular weight is 318 g/mol. The molecule has 4 nitrogen and oxygen atoms in total. The first-order valence-corrected chi connectivity index (χ1v) is 8.60. The summed E-state index contributed by atoms with van der Waals surface area (Å²) in [5.74, 6) is 0.307. The lowest BCUT2D eigenvalue weighted by atomic mass is 10.1. The monoisotopic (exact) mass is 317 g/mol. The highest BCUT2D eigenvalue weighted by atomic mass is 35.5. The molecule has 6 heteroatoms. The van der Waals surface area contributed by atoms with Gasteiger partial charge in [-0.3, -0.25) is 0 Å². The summed E-state index contributed by atoms with van der Waals surface area (Å²) in [6, 6.07) is 4.99. The Bertz CT molecular complexity index is 588. The number of nitrogens with zero attached hydrogens (tertiary/aromatic N) is 1. The van der Waals surface area contributed by atoms with Gasteiger partial charge in [0.25, 0.3) is 0 Å². The Morgan fingerprint density at radius 1 is 1.45 bits per heavy atom. The van der Waals surface area contributed by atoms with Gasteiger partial charge in [-0.05, 0) is 43.5 Å². The summed E-state index contributed by atoms with van der Waals surface area (Å²) in [5, 5.41) is 0. The quantitative estimate of drug-likeness (QED) is 0.802. The van der Waals surface area contributed by atoms with Gasteiger partial charge in [-0.2, -0.15) is 4.31 Å². The molecule has 1 heterocycles.